The number of carbonyl (C=O) groups excluding carboxylic acids is 2. The van der Waals surface area contributed by atoms with E-state index in [-0.39, 0.29) is 21.0 Å². The fraction of sp³-hybridized carbons (Fsp3) is 0.400. The first-order valence-electron chi connectivity index (χ1n) is 9.60. The van der Waals surface area contributed by atoms with E-state index in [1.807, 2.05) is 20.8 Å². The van der Waals surface area contributed by atoms with E-state index < -0.39 is 40.5 Å². The highest BCUT2D eigenvalue weighted by molar-refractivity contribution is 7.92. The molecule has 0 saturated carbocycles. The van der Waals surface area contributed by atoms with Crippen LogP contribution in [0.15, 0.2) is 22.4 Å². The summed E-state index contributed by atoms with van der Waals surface area (Å²) in [6, 6.07) is 5.26. The van der Waals surface area contributed by atoms with E-state index in [9.17, 15) is 22.8 Å². The number of hydrogen-bond acceptors (Lipinski definition) is 8. The van der Waals surface area contributed by atoms with Gasteiger partial charge in [-0.2, -0.15) is 0 Å². The Morgan fingerprint density at radius 1 is 1.19 bits per heavy atom. The molecular weight excluding hydrogens is 458 g/mol. The van der Waals surface area contributed by atoms with Gasteiger partial charge in [0.1, 0.15) is 16.4 Å². The molecule has 2 rings (SSSR count). The quantitative estimate of drug-likeness (QED) is 0.436. The summed E-state index contributed by atoms with van der Waals surface area (Å²) in [6.45, 7) is 6.33. The Kier molecular flexibility index (Phi) is 8.33. The van der Waals surface area contributed by atoms with Crippen LogP contribution >= 0.6 is 11.3 Å². The molecule has 0 aliphatic heterocycles. The summed E-state index contributed by atoms with van der Waals surface area (Å²) in [7, 11) is -3.73. The average Bonchev–Trinajstić information content (AvgIpc) is 3.03. The van der Waals surface area contributed by atoms with Crippen LogP contribution < -0.4 is 15.4 Å². The summed E-state index contributed by atoms with van der Waals surface area (Å²) in [6.07, 6.45) is -0.243. The summed E-state index contributed by atoms with van der Waals surface area (Å²) >= 11 is 0.635. The molecule has 0 unspecified atom stereocenters. The Labute approximate surface area is 189 Å². The Morgan fingerprint density at radius 2 is 1.84 bits per heavy atom. The molecule has 0 bridgehead atoms. The number of carboxylic acids is 1. The van der Waals surface area contributed by atoms with E-state index in [0.29, 0.717) is 29.4 Å². The molecule has 1 heterocycles. The van der Waals surface area contributed by atoms with Gasteiger partial charge in [0.05, 0.1) is 24.4 Å². The van der Waals surface area contributed by atoms with Gasteiger partial charge in [-0.05, 0) is 30.5 Å². The number of hydrogen-bond donors (Lipinski definition) is 3. The van der Waals surface area contributed by atoms with Crippen molar-refractivity contribution in [2.75, 3.05) is 23.5 Å². The zero-order valence-corrected chi connectivity index (χ0v) is 19.7. The largest absolute Gasteiger partial charge is 0.491 e. The molecule has 0 atom stereocenters. The molecule has 32 heavy (non-hydrogen) atoms. The Hall–Kier alpha value is -2.99. The molecular formula is C20H25N3O7S2. The smallest absolute Gasteiger partial charge is 0.309 e. The lowest BCUT2D eigenvalue weighted by Crippen LogP contribution is -2.22. The SMILES string of the molecule is Cc1ccc(NC(=O)CC(=O)Nc2nc(CC(=O)O)c(S(C)(=O)=O)s2)c(OCC(C)C)c1. The van der Waals surface area contributed by atoms with Crippen molar-refractivity contribution >= 4 is 49.8 Å². The van der Waals surface area contributed by atoms with Crippen LogP contribution in [0.2, 0.25) is 0 Å². The number of amides is 2. The molecule has 0 radical (unpaired) electrons. The first-order chi connectivity index (χ1) is 14.8. The van der Waals surface area contributed by atoms with Gasteiger partial charge in [-0.3, -0.25) is 14.4 Å². The van der Waals surface area contributed by atoms with E-state index in [0.717, 1.165) is 11.8 Å². The second-order valence-electron chi connectivity index (χ2n) is 7.57. The normalized spacial score (nSPS) is 11.3. The Bertz CT molecular complexity index is 1120. The van der Waals surface area contributed by atoms with Gasteiger partial charge in [0.15, 0.2) is 15.0 Å². The molecule has 2 amide bonds. The molecule has 0 aliphatic carbocycles. The summed E-state index contributed by atoms with van der Waals surface area (Å²) in [5.74, 6) is -1.82. The van der Waals surface area contributed by atoms with Crippen LogP contribution in [0.1, 0.15) is 31.5 Å². The number of anilines is 2. The number of aliphatic carboxylic acids is 1. The number of ether oxygens (including phenoxy) is 1. The Morgan fingerprint density at radius 3 is 2.44 bits per heavy atom. The third kappa shape index (κ3) is 7.61. The van der Waals surface area contributed by atoms with Crippen molar-refractivity contribution in [1.29, 1.82) is 0 Å². The maximum atomic E-state index is 12.3. The fourth-order valence-corrected chi connectivity index (χ4v) is 4.67. The molecule has 3 N–H and O–H groups in total. The van der Waals surface area contributed by atoms with E-state index in [2.05, 4.69) is 15.6 Å². The molecule has 1 aromatic heterocycles. The van der Waals surface area contributed by atoms with E-state index in [1.165, 1.54) is 0 Å². The number of carboxylic acid groups (broad SMARTS) is 1. The zero-order chi connectivity index (χ0) is 24.1. The van der Waals surface area contributed by atoms with E-state index in [1.54, 1.807) is 18.2 Å². The summed E-state index contributed by atoms with van der Waals surface area (Å²) in [5.41, 5.74) is 1.20. The van der Waals surface area contributed by atoms with Crippen molar-refractivity contribution in [1.82, 2.24) is 4.98 Å². The van der Waals surface area contributed by atoms with Gasteiger partial charge in [0.25, 0.3) is 0 Å². The molecule has 10 nitrogen and oxygen atoms in total. The summed E-state index contributed by atoms with van der Waals surface area (Å²) < 4.78 is 29.2. The number of carbonyl (C=O) groups is 3. The molecule has 2 aromatic rings. The topological polar surface area (TPSA) is 152 Å². The third-order valence-corrected chi connectivity index (χ3v) is 6.74. The van der Waals surface area contributed by atoms with Crippen molar-refractivity contribution < 1.29 is 32.6 Å². The van der Waals surface area contributed by atoms with Crippen molar-refractivity contribution in [3.8, 4) is 5.75 Å². The summed E-state index contributed by atoms with van der Waals surface area (Å²) in [4.78, 5) is 39.4. The molecule has 1 aromatic carbocycles. The molecule has 174 valence electrons. The third-order valence-electron chi connectivity index (χ3n) is 3.87. The molecule has 0 fully saturated rings. The van der Waals surface area contributed by atoms with Crippen molar-refractivity contribution in [2.24, 2.45) is 5.92 Å². The number of rotatable bonds is 10. The van der Waals surface area contributed by atoms with Gasteiger partial charge >= 0.3 is 5.97 Å². The van der Waals surface area contributed by atoms with Crippen LogP contribution in [0, 0.1) is 12.8 Å². The highest BCUT2D eigenvalue weighted by atomic mass is 32.2. The van der Waals surface area contributed by atoms with Crippen LogP contribution in [0.3, 0.4) is 0 Å². The van der Waals surface area contributed by atoms with E-state index in [4.69, 9.17) is 9.84 Å². The van der Waals surface area contributed by atoms with Gasteiger partial charge in [-0.15, -0.1) is 0 Å². The minimum Gasteiger partial charge on any atom is -0.491 e. The van der Waals surface area contributed by atoms with Gasteiger partial charge in [-0.25, -0.2) is 13.4 Å². The zero-order valence-electron chi connectivity index (χ0n) is 18.1. The maximum Gasteiger partial charge on any atom is 0.309 e. The number of nitrogens with zero attached hydrogens (tertiary/aromatic N) is 1. The standard InChI is InChI=1S/C20H25N3O7S2/c1-11(2)10-30-15-7-12(3)5-6-13(15)21-16(24)9-17(25)23-20-22-14(8-18(26)27)19(31-20)32(4,28)29/h5-7,11H,8-10H2,1-4H3,(H,21,24)(H,26,27)(H,22,23,25). The molecule has 0 spiro atoms. The van der Waals surface area contributed by atoms with Crippen LogP contribution in [0.25, 0.3) is 0 Å². The highest BCUT2D eigenvalue weighted by Crippen LogP contribution is 2.29. The fourth-order valence-electron chi connectivity index (χ4n) is 2.55. The van der Waals surface area contributed by atoms with Crippen LogP contribution in [0.4, 0.5) is 10.8 Å². The minimum absolute atomic E-state index is 0.101. The number of sulfone groups is 1. The molecule has 0 saturated heterocycles. The van der Waals surface area contributed by atoms with Gasteiger partial charge in [0, 0.05) is 6.26 Å². The number of thiazole rings is 1. The number of benzene rings is 1. The second-order valence-corrected chi connectivity index (χ2v) is 10.8. The summed E-state index contributed by atoms with van der Waals surface area (Å²) in [5, 5.41) is 13.8. The van der Waals surface area contributed by atoms with Crippen LogP contribution in [-0.2, 0) is 30.6 Å². The van der Waals surface area contributed by atoms with Gasteiger partial charge in [0.2, 0.25) is 11.8 Å². The number of aromatic nitrogens is 1. The van der Waals surface area contributed by atoms with Crippen molar-refractivity contribution in [3.05, 3.63) is 29.5 Å². The lowest BCUT2D eigenvalue weighted by Gasteiger charge is -2.14. The predicted octanol–water partition coefficient (Wildman–Crippen LogP) is 2.48. The monoisotopic (exact) mass is 483 g/mol. The minimum atomic E-state index is -3.73. The molecule has 12 heteroatoms. The van der Waals surface area contributed by atoms with Gasteiger partial charge in [-0.1, -0.05) is 31.3 Å². The van der Waals surface area contributed by atoms with Crippen molar-refractivity contribution in [2.45, 2.75) is 37.8 Å². The van der Waals surface area contributed by atoms with Crippen LogP contribution in [-0.4, -0.2) is 49.2 Å². The Balaban J connectivity index is 2.07. The average molecular weight is 484 g/mol. The first-order valence-corrected chi connectivity index (χ1v) is 12.3. The lowest BCUT2D eigenvalue weighted by atomic mass is 10.2. The first kappa shape index (κ1) is 25.3. The van der Waals surface area contributed by atoms with E-state index >= 15 is 0 Å². The lowest BCUT2D eigenvalue weighted by molar-refractivity contribution is -0.136. The highest BCUT2D eigenvalue weighted by Gasteiger charge is 2.23. The number of aryl methyl sites for hydroxylation is 1. The predicted molar refractivity (Wildman–Crippen MR) is 120 cm³/mol. The maximum absolute atomic E-state index is 12.3. The molecule has 0 aliphatic rings. The second kappa shape index (κ2) is 10.6. The van der Waals surface area contributed by atoms with Gasteiger partial charge < -0.3 is 20.5 Å². The van der Waals surface area contributed by atoms with Crippen molar-refractivity contribution in [3.63, 3.8) is 0 Å². The number of nitrogens with one attached hydrogen (secondary N) is 2. The van der Waals surface area contributed by atoms with Crippen LogP contribution in [0.5, 0.6) is 5.75 Å².